The zero-order chi connectivity index (χ0) is 38.6. The van der Waals surface area contributed by atoms with Crippen LogP contribution in [0.5, 0.6) is 17.4 Å². The van der Waals surface area contributed by atoms with E-state index in [-0.39, 0.29) is 5.41 Å². The Labute approximate surface area is 339 Å². The molecule has 2 heterocycles. The third kappa shape index (κ3) is 6.17. The molecule has 0 bridgehead atoms. The van der Waals surface area contributed by atoms with Crippen LogP contribution in [0.15, 0.2) is 152 Å². The highest BCUT2D eigenvalue weighted by Crippen LogP contribution is 2.51. The second-order valence-electron chi connectivity index (χ2n) is 16.8. The van der Waals surface area contributed by atoms with E-state index in [1.54, 1.807) is 0 Å². The maximum absolute atomic E-state index is 11.5. The molecule has 0 atom stereocenters. The Kier molecular flexibility index (Phi) is 8.50. The van der Waals surface area contributed by atoms with Crippen LogP contribution in [0.3, 0.4) is 0 Å². The van der Waals surface area contributed by atoms with Gasteiger partial charge in [0.05, 0.1) is 16.7 Å². The van der Waals surface area contributed by atoms with E-state index in [0.717, 1.165) is 89.0 Å². The second kappa shape index (κ2) is 14.2. The van der Waals surface area contributed by atoms with Crippen LogP contribution < -0.4 is 4.74 Å². The van der Waals surface area contributed by atoms with Gasteiger partial charge in [-0.3, -0.25) is 4.57 Å². The molecule has 1 saturated carbocycles. The van der Waals surface area contributed by atoms with E-state index in [1.807, 2.05) is 24.3 Å². The summed E-state index contributed by atoms with van der Waals surface area (Å²) in [6.45, 7) is 0. The maximum Gasteiger partial charge on any atom is 0.220 e. The monoisotopic (exact) mass is 755 g/mol. The molecule has 1 N–H and O–H groups in total. The Morgan fingerprint density at radius 1 is 0.603 bits per heavy atom. The number of rotatable bonds is 7. The van der Waals surface area contributed by atoms with Crippen LogP contribution in [0.25, 0.3) is 50.5 Å². The molecular formula is C53H45N3O2. The molecule has 0 unspecified atom stereocenters. The van der Waals surface area contributed by atoms with Crippen molar-refractivity contribution in [3.05, 3.63) is 179 Å². The first kappa shape index (κ1) is 34.8. The number of ether oxygens (including phenoxy) is 1. The van der Waals surface area contributed by atoms with Gasteiger partial charge in [0.25, 0.3) is 0 Å². The second-order valence-corrected chi connectivity index (χ2v) is 16.8. The predicted octanol–water partition coefficient (Wildman–Crippen LogP) is 12.9. The number of benzene rings is 6. The van der Waals surface area contributed by atoms with Crippen molar-refractivity contribution in [3.63, 3.8) is 0 Å². The standard InChI is InChI=1S/C53H45N3O2/c57-49-27-26-40-33-53(31-38-18-7-8-19-39(38)32-53)34-44(40)51(49)37-20-13-21-42(28-37)58-50-30-41(35-14-3-1-4-15-35)29-46(54-50)52-55-45-23-10-12-25-48(45)56(52)47-24-11-9-22-43(47)36-16-5-2-6-17-36/h2,5-13,16-30,35,57H,1,3-4,14-15,31-34H2. The van der Waals surface area contributed by atoms with E-state index in [2.05, 4.69) is 132 Å². The molecule has 284 valence electrons. The Balaban J connectivity index is 0.997. The van der Waals surface area contributed by atoms with Crippen LogP contribution >= 0.6 is 0 Å². The molecule has 5 nitrogen and oxygen atoms in total. The highest BCUT2D eigenvalue weighted by Gasteiger charge is 2.43. The highest BCUT2D eigenvalue weighted by atomic mass is 16.5. The largest absolute Gasteiger partial charge is 0.507 e. The quantitative estimate of drug-likeness (QED) is 0.176. The maximum atomic E-state index is 11.5. The molecule has 6 aromatic carbocycles. The zero-order valence-corrected chi connectivity index (χ0v) is 32.6. The third-order valence-corrected chi connectivity index (χ3v) is 13.0. The lowest BCUT2D eigenvalue weighted by molar-refractivity contribution is 0.326. The first-order valence-corrected chi connectivity index (χ1v) is 20.9. The molecule has 8 aromatic rings. The first-order valence-electron chi connectivity index (χ1n) is 20.9. The summed E-state index contributed by atoms with van der Waals surface area (Å²) in [7, 11) is 0. The molecule has 5 heteroatoms. The van der Waals surface area contributed by atoms with Gasteiger partial charge in [-0.05, 0) is 131 Å². The number of para-hydroxylation sites is 3. The van der Waals surface area contributed by atoms with Gasteiger partial charge in [0, 0.05) is 17.2 Å². The SMILES string of the molecule is Oc1ccc2c(c1-c1cccc(Oc3cc(C4CCCCC4)cc(-c4nc5ccccc5n4-c4ccccc4-c4ccccc4)n3)c1)CC1(Cc3ccccc3C1)C2. The lowest BCUT2D eigenvalue weighted by Gasteiger charge is -2.23. The van der Waals surface area contributed by atoms with E-state index >= 15 is 0 Å². The van der Waals surface area contributed by atoms with E-state index in [1.165, 1.54) is 47.1 Å². The fraction of sp³-hybridized carbons (Fsp3) is 0.208. The number of hydrogen-bond donors (Lipinski definition) is 1. The van der Waals surface area contributed by atoms with Gasteiger partial charge in [0.1, 0.15) is 17.2 Å². The number of imidazole rings is 1. The zero-order valence-electron chi connectivity index (χ0n) is 32.6. The van der Waals surface area contributed by atoms with Crippen LogP contribution in [0, 0.1) is 5.41 Å². The number of phenols is 1. The number of aromatic hydroxyl groups is 1. The van der Waals surface area contributed by atoms with Crippen molar-refractivity contribution in [3.8, 4) is 56.8 Å². The van der Waals surface area contributed by atoms with Gasteiger partial charge < -0.3 is 9.84 Å². The minimum Gasteiger partial charge on any atom is -0.507 e. The molecule has 0 radical (unpaired) electrons. The number of aromatic nitrogens is 3. The van der Waals surface area contributed by atoms with E-state index in [0.29, 0.717) is 23.3 Å². The van der Waals surface area contributed by atoms with E-state index < -0.39 is 0 Å². The van der Waals surface area contributed by atoms with Crippen LogP contribution in [0.2, 0.25) is 0 Å². The van der Waals surface area contributed by atoms with Crippen LogP contribution in [-0.4, -0.2) is 19.6 Å². The Hall–Kier alpha value is -6.46. The summed E-state index contributed by atoms with van der Waals surface area (Å²) in [5.74, 6) is 2.77. The Morgan fingerprint density at radius 3 is 2.17 bits per heavy atom. The lowest BCUT2D eigenvalue weighted by Crippen LogP contribution is -2.21. The van der Waals surface area contributed by atoms with Gasteiger partial charge in [-0.25, -0.2) is 9.97 Å². The molecule has 0 amide bonds. The summed E-state index contributed by atoms with van der Waals surface area (Å²) >= 11 is 0. The summed E-state index contributed by atoms with van der Waals surface area (Å²) in [5, 5.41) is 11.5. The number of phenolic OH excluding ortho intramolecular Hbond substituents is 1. The highest BCUT2D eigenvalue weighted by molar-refractivity contribution is 5.86. The van der Waals surface area contributed by atoms with Gasteiger partial charge in [-0.2, -0.15) is 0 Å². The fourth-order valence-electron chi connectivity index (χ4n) is 10.4. The summed E-state index contributed by atoms with van der Waals surface area (Å²) in [5.41, 5.74) is 14.9. The summed E-state index contributed by atoms with van der Waals surface area (Å²) in [6.07, 6.45) is 10.2. The van der Waals surface area contributed by atoms with Crippen LogP contribution in [0.4, 0.5) is 0 Å². The van der Waals surface area contributed by atoms with Gasteiger partial charge >= 0.3 is 0 Å². The molecule has 0 aliphatic heterocycles. The molecule has 58 heavy (non-hydrogen) atoms. The summed E-state index contributed by atoms with van der Waals surface area (Å²) in [6, 6.07) is 53.0. The molecule has 1 spiro atoms. The van der Waals surface area contributed by atoms with Crippen molar-refractivity contribution in [2.24, 2.45) is 5.41 Å². The average Bonchev–Trinajstić information content (AvgIpc) is 3.96. The van der Waals surface area contributed by atoms with Crippen molar-refractivity contribution < 1.29 is 9.84 Å². The van der Waals surface area contributed by atoms with E-state index in [9.17, 15) is 5.11 Å². The van der Waals surface area contributed by atoms with Crippen LogP contribution in [-0.2, 0) is 25.7 Å². The first-order chi connectivity index (χ1) is 28.6. The van der Waals surface area contributed by atoms with Crippen molar-refractivity contribution in [1.82, 2.24) is 14.5 Å². The molecule has 2 aromatic heterocycles. The number of hydrogen-bond acceptors (Lipinski definition) is 4. The van der Waals surface area contributed by atoms with Crippen molar-refractivity contribution >= 4 is 11.0 Å². The molecule has 3 aliphatic rings. The van der Waals surface area contributed by atoms with Crippen molar-refractivity contribution in [2.75, 3.05) is 0 Å². The normalized spacial score (nSPS) is 15.8. The number of nitrogens with zero attached hydrogens (tertiary/aromatic N) is 3. The number of fused-ring (bicyclic) bond motifs is 3. The third-order valence-electron chi connectivity index (χ3n) is 13.0. The minimum absolute atomic E-state index is 0.167. The summed E-state index contributed by atoms with van der Waals surface area (Å²) in [4.78, 5) is 10.6. The Bertz CT molecular complexity index is 2810. The molecule has 0 saturated heterocycles. The van der Waals surface area contributed by atoms with Gasteiger partial charge in [0.15, 0.2) is 5.82 Å². The van der Waals surface area contributed by atoms with Gasteiger partial charge in [-0.1, -0.05) is 122 Å². The fourth-order valence-corrected chi connectivity index (χ4v) is 10.4. The van der Waals surface area contributed by atoms with Gasteiger partial charge in [-0.15, -0.1) is 0 Å². The smallest absolute Gasteiger partial charge is 0.220 e. The van der Waals surface area contributed by atoms with Crippen LogP contribution in [0.1, 0.15) is 65.8 Å². The Morgan fingerprint density at radius 2 is 1.33 bits per heavy atom. The predicted molar refractivity (Wildman–Crippen MR) is 233 cm³/mol. The average molecular weight is 756 g/mol. The van der Waals surface area contributed by atoms with Crippen molar-refractivity contribution in [1.29, 1.82) is 0 Å². The van der Waals surface area contributed by atoms with Crippen molar-refractivity contribution in [2.45, 2.75) is 63.7 Å². The molecule has 3 aliphatic carbocycles. The minimum atomic E-state index is 0.167. The molecular weight excluding hydrogens is 711 g/mol. The van der Waals surface area contributed by atoms with E-state index in [4.69, 9.17) is 14.7 Å². The molecule has 11 rings (SSSR count). The van der Waals surface area contributed by atoms with Gasteiger partial charge in [0.2, 0.25) is 5.88 Å². The molecule has 1 fully saturated rings. The lowest BCUT2D eigenvalue weighted by atomic mass is 9.81. The topological polar surface area (TPSA) is 60.2 Å². The summed E-state index contributed by atoms with van der Waals surface area (Å²) < 4.78 is 9.08. The number of pyridine rings is 1.